The lowest BCUT2D eigenvalue weighted by molar-refractivity contribution is 0.408. The Labute approximate surface area is 99.6 Å². The van der Waals surface area contributed by atoms with Gasteiger partial charge in [0.2, 0.25) is 0 Å². The molecule has 17 heavy (non-hydrogen) atoms. The number of nitrogens with one attached hydrogen (secondary N) is 1. The number of H-pyrrole nitrogens is 1. The summed E-state index contributed by atoms with van der Waals surface area (Å²) in [6, 6.07) is 3.80. The van der Waals surface area contributed by atoms with Crippen molar-refractivity contribution in [3.05, 3.63) is 18.0 Å². The van der Waals surface area contributed by atoms with Crippen LogP contribution in [0.3, 0.4) is 0 Å². The number of anilines is 1. The number of nitrogen functional groups attached to an aromatic ring is 1. The van der Waals surface area contributed by atoms with Gasteiger partial charge >= 0.3 is 0 Å². The lowest BCUT2D eigenvalue weighted by Crippen LogP contribution is -2.09. The molecule has 88 valence electrons. The van der Waals surface area contributed by atoms with Crippen molar-refractivity contribution in [3.63, 3.8) is 0 Å². The zero-order chi connectivity index (χ0) is 11.4. The van der Waals surface area contributed by atoms with Gasteiger partial charge in [-0.3, -0.25) is 0 Å². The molecule has 2 aliphatic carbocycles. The predicted octanol–water partition coefficient (Wildman–Crippen LogP) is 2.44. The summed E-state index contributed by atoms with van der Waals surface area (Å²) in [6.07, 6.45) is 5.51. The molecule has 2 aliphatic rings. The molecule has 2 fully saturated rings. The highest BCUT2D eigenvalue weighted by molar-refractivity contribution is 5.72. The number of aromatic amines is 1. The number of hydrogen-bond acceptors (Lipinski definition) is 3. The molecule has 4 nitrogen and oxygen atoms in total. The Morgan fingerprint density at radius 1 is 1.18 bits per heavy atom. The van der Waals surface area contributed by atoms with Crippen LogP contribution in [0.15, 0.2) is 12.1 Å². The van der Waals surface area contributed by atoms with Gasteiger partial charge in [-0.15, -0.1) is 0 Å². The minimum absolute atomic E-state index is 0.545. The summed E-state index contributed by atoms with van der Waals surface area (Å²) in [7, 11) is 0. The quantitative estimate of drug-likeness (QED) is 0.787. The molecule has 2 bridgehead atoms. The zero-order valence-corrected chi connectivity index (χ0v) is 9.69. The maximum Gasteiger partial charge on any atom is 0.179 e. The first-order valence-corrected chi connectivity index (χ1v) is 6.42. The SMILES string of the molecule is Nc1ccc2[nH]c(C3CC4CCC3C4)nc2n1. The number of nitrogens with zero attached hydrogens (tertiary/aromatic N) is 2. The Morgan fingerprint density at radius 2 is 2.12 bits per heavy atom. The van der Waals surface area contributed by atoms with E-state index in [-0.39, 0.29) is 0 Å². The third kappa shape index (κ3) is 1.36. The summed E-state index contributed by atoms with van der Waals surface area (Å²) in [5.41, 5.74) is 7.46. The van der Waals surface area contributed by atoms with E-state index in [9.17, 15) is 0 Å². The normalized spacial score (nSPS) is 31.4. The van der Waals surface area contributed by atoms with Crippen molar-refractivity contribution in [3.8, 4) is 0 Å². The molecule has 2 saturated carbocycles. The second-order valence-electron chi connectivity index (χ2n) is 5.51. The van der Waals surface area contributed by atoms with Crippen LogP contribution in [0.25, 0.3) is 11.2 Å². The number of fused-ring (bicyclic) bond motifs is 3. The molecular weight excluding hydrogens is 212 g/mol. The lowest BCUT2D eigenvalue weighted by atomic mass is 9.88. The van der Waals surface area contributed by atoms with Crippen LogP contribution in [0, 0.1) is 11.8 Å². The summed E-state index contributed by atoms with van der Waals surface area (Å²) in [5, 5.41) is 0. The minimum Gasteiger partial charge on any atom is -0.384 e. The fourth-order valence-electron chi connectivity index (χ4n) is 3.68. The molecule has 0 radical (unpaired) electrons. The topological polar surface area (TPSA) is 67.6 Å². The van der Waals surface area contributed by atoms with Crippen molar-refractivity contribution < 1.29 is 0 Å². The molecule has 2 heterocycles. The van der Waals surface area contributed by atoms with E-state index in [1.54, 1.807) is 0 Å². The first kappa shape index (κ1) is 9.45. The predicted molar refractivity (Wildman–Crippen MR) is 66.5 cm³/mol. The standard InChI is InChI=1S/C13H16N4/c14-11-4-3-10-13(16-11)17-12(15-10)9-6-7-1-2-8(9)5-7/h3-4,7-9H,1-2,5-6H2,(H3,14,15,16,17). The monoisotopic (exact) mass is 228 g/mol. The highest BCUT2D eigenvalue weighted by atomic mass is 15.0. The fraction of sp³-hybridized carbons (Fsp3) is 0.538. The highest BCUT2D eigenvalue weighted by Gasteiger charge is 2.41. The number of aromatic nitrogens is 3. The van der Waals surface area contributed by atoms with Crippen molar-refractivity contribution in [1.29, 1.82) is 0 Å². The Kier molecular flexibility index (Phi) is 1.79. The van der Waals surface area contributed by atoms with Crippen LogP contribution < -0.4 is 5.73 Å². The summed E-state index contributed by atoms with van der Waals surface area (Å²) in [4.78, 5) is 12.3. The molecule has 3 unspecified atom stereocenters. The van der Waals surface area contributed by atoms with Gasteiger partial charge in [0.25, 0.3) is 0 Å². The maximum absolute atomic E-state index is 5.68. The van der Waals surface area contributed by atoms with E-state index >= 15 is 0 Å². The third-order valence-electron chi connectivity index (χ3n) is 4.48. The number of imidazole rings is 1. The number of hydrogen-bond donors (Lipinski definition) is 2. The van der Waals surface area contributed by atoms with Crippen LogP contribution in [0.4, 0.5) is 5.82 Å². The van der Waals surface area contributed by atoms with E-state index in [1.807, 2.05) is 12.1 Å². The number of rotatable bonds is 1. The third-order valence-corrected chi connectivity index (χ3v) is 4.48. The summed E-state index contributed by atoms with van der Waals surface area (Å²) < 4.78 is 0. The molecule has 4 rings (SSSR count). The molecule has 0 aromatic carbocycles. The highest BCUT2D eigenvalue weighted by Crippen LogP contribution is 2.52. The minimum atomic E-state index is 0.545. The van der Waals surface area contributed by atoms with Gasteiger partial charge in [-0.05, 0) is 43.2 Å². The van der Waals surface area contributed by atoms with E-state index in [0.29, 0.717) is 11.7 Å². The van der Waals surface area contributed by atoms with Gasteiger partial charge in [-0.1, -0.05) is 6.42 Å². The summed E-state index contributed by atoms with van der Waals surface area (Å²) in [6.45, 7) is 0. The number of nitrogens with two attached hydrogens (primary N) is 1. The van der Waals surface area contributed by atoms with Crippen molar-refractivity contribution >= 4 is 17.0 Å². The smallest absolute Gasteiger partial charge is 0.179 e. The summed E-state index contributed by atoms with van der Waals surface area (Å²) >= 11 is 0. The average Bonchev–Trinajstić information content (AvgIpc) is 3.01. The molecular formula is C13H16N4. The van der Waals surface area contributed by atoms with Gasteiger partial charge in [0.1, 0.15) is 11.6 Å². The summed E-state index contributed by atoms with van der Waals surface area (Å²) in [5.74, 6) is 4.09. The van der Waals surface area contributed by atoms with Gasteiger partial charge in [0, 0.05) is 5.92 Å². The van der Waals surface area contributed by atoms with E-state index in [2.05, 4.69) is 15.0 Å². The van der Waals surface area contributed by atoms with Gasteiger partial charge < -0.3 is 10.7 Å². The first-order valence-electron chi connectivity index (χ1n) is 6.42. The second-order valence-corrected chi connectivity index (χ2v) is 5.51. The van der Waals surface area contributed by atoms with Crippen molar-refractivity contribution in [2.45, 2.75) is 31.6 Å². The molecule has 0 aliphatic heterocycles. The van der Waals surface area contributed by atoms with Crippen molar-refractivity contribution in [1.82, 2.24) is 15.0 Å². The Morgan fingerprint density at radius 3 is 2.88 bits per heavy atom. The van der Waals surface area contributed by atoms with Crippen LogP contribution in [0.5, 0.6) is 0 Å². The fourth-order valence-corrected chi connectivity index (χ4v) is 3.68. The Balaban J connectivity index is 1.76. The van der Waals surface area contributed by atoms with Crippen LogP contribution in [0.1, 0.15) is 37.4 Å². The van der Waals surface area contributed by atoms with E-state index in [1.165, 1.54) is 25.7 Å². The van der Waals surface area contributed by atoms with Gasteiger partial charge in [-0.2, -0.15) is 0 Å². The van der Waals surface area contributed by atoms with E-state index in [4.69, 9.17) is 5.73 Å². The largest absolute Gasteiger partial charge is 0.384 e. The molecule has 0 saturated heterocycles. The molecule has 0 amide bonds. The van der Waals surface area contributed by atoms with E-state index < -0.39 is 0 Å². The molecule has 4 heteroatoms. The molecule has 2 aromatic rings. The maximum atomic E-state index is 5.68. The van der Waals surface area contributed by atoms with Crippen LogP contribution >= 0.6 is 0 Å². The van der Waals surface area contributed by atoms with Crippen LogP contribution in [-0.4, -0.2) is 15.0 Å². The Bertz CT molecular complexity index is 574. The van der Waals surface area contributed by atoms with Gasteiger partial charge in [0.05, 0.1) is 5.52 Å². The first-order chi connectivity index (χ1) is 8.29. The van der Waals surface area contributed by atoms with Gasteiger partial charge in [0.15, 0.2) is 5.65 Å². The van der Waals surface area contributed by atoms with Gasteiger partial charge in [-0.25, -0.2) is 9.97 Å². The molecule has 0 spiro atoms. The molecule has 3 N–H and O–H groups in total. The molecule has 2 aromatic heterocycles. The lowest BCUT2D eigenvalue weighted by Gasteiger charge is -2.18. The zero-order valence-electron chi connectivity index (χ0n) is 9.69. The average molecular weight is 228 g/mol. The van der Waals surface area contributed by atoms with Crippen LogP contribution in [-0.2, 0) is 0 Å². The van der Waals surface area contributed by atoms with Crippen molar-refractivity contribution in [2.75, 3.05) is 5.73 Å². The number of pyridine rings is 1. The second kappa shape index (κ2) is 3.22. The molecule has 3 atom stereocenters. The van der Waals surface area contributed by atoms with Crippen LogP contribution in [0.2, 0.25) is 0 Å². The van der Waals surface area contributed by atoms with E-state index in [0.717, 1.165) is 28.8 Å². The van der Waals surface area contributed by atoms with Crippen molar-refractivity contribution in [2.24, 2.45) is 11.8 Å². The Hall–Kier alpha value is -1.58.